The van der Waals surface area contributed by atoms with Gasteiger partial charge in [-0.25, -0.2) is 9.18 Å². The summed E-state index contributed by atoms with van der Waals surface area (Å²) in [7, 11) is -1.12. The first kappa shape index (κ1) is 17.6. The summed E-state index contributed by atoms with van der Waals surface area (Å²) in [5, 5.41) is 2.86. The zero-order valence-corrected chi connectivity index (χ0v) is 14.7. The lowest BCUT2D eigenvalue weighted by atomic mass is 10.2. The number of nitrogens with zero attached hydrogens (tertiary/aromatic N) is 1. The van der Waals surface area contributed by atoms with Crippen LogP contribution < -0.4 is 5.32 Å². The maximum absolute atomic E-state index is 13.0. The van der Waals surface area contributed by atoms with E-state index in [2.05, 4.69) is 5.32 Å². The monoisotopic (exact) mass is 360 g/mol. The molecule has 0 spiro atoms. The number of nitrogens with one attached hydrogen (secondary N) is 1. The Morgan fingerprint density at radius 1 is 1.12 bits per heavy atom. The van der Waals surface area contributed by atoms with Gasteiger partial charge in [0.25, 0.3) is 0 Å². The van der Waals surface area contributed by atoms with Crippen LogP contribution in [0, 0.1) is 5.82 Å². The van der Waals surface area contributed by atoms with Gasteiger partial charge in [-0.3, -0.25) is 4.21 Å². The quantitative estimate of drug-likeness (QED) is 0.824. The molecule has 3 rings (SSSR count). The van der Waals surface area contributed by atoms with Gasteiger partial charge in [0.2, 0.25) is 0 Å². The van der Waals surface area contributed by atoms with Crippen molar-refractivity contribution in [1.82, 2.24) is 10.2 Å². The van der Waals surface area contributed by atoms with Gasteiger partial charge in [0.15, 0.2) is 0 Å². The maximum Gasteiger partial charge on any atom is 0.317 e. The lowest BCUT2D eigenvalue weighted by molar-refractivity contribution is 0.192. The molecule has 2 aromatic rings. The molecule has 1 saturated carbocycles. The Hall–Kier alpha value is -2.21. The average Bonchev–Trinajstić information content (AvgIpc) is 3.46. The van der Waals surface area contributed by atoms with E-state index in [9.17, 15) is 13.4 Å². The molecule has 132 valence electrons. The van der Waals surface area contributed by atoms with Crippen molar-refractivity contribution in [2.75, 3.05) is 12.3 Å². The van der Waals surface area contributed by atoms with Crippen molar-refractivity contribution in [2.45, 2.75) is 30.3 Å². The highest BCUT2D eigenvalue weighted by Gasteiger charge is 2.32. The fraction of sp³-hybridized carbons (Fsp3) is 0.316. The first-order valence-electron chi connectivity index (χ1n) is 8.36. The number of hydrogen-bond acceptors (Lipinski definition) is 2. The molecule has 2 amide bonds. The molecule has 25 heavy (non-hydrogen) atoms. The largest absolute Gasteiger partial charge is 0.337 e. The second kappa shape index (κ2) is 8.25. The predicted molar refractivity (Wildman–Crippen MR) is 96.1 cm³/mol. The minimum Gasteiger partial charge on any atom is -0.337 e. The van der Waals surface area contributed by atoms with Crippen LogP contribution in [0.15, 0.2) is 59.5 Å². The van der Waals surface area contributed by atoms with Crippen molar-refractivity contribution >= 4 is 16.8 Å². The molecule has 0 aliphatic heterocycles. The molecule has 0 aromatic heterocycles. The van der Waals surface area contributed by atoms with E-state index in [-0.39, 0.29) is 17.9 Å². The number of benzene rings is 2. The molecule has 1 aliphatic carbocycles. The summed E-state index contributed by atoms with van der Waals surface area (Å²) < 4.78 is 25.2. The lowest BCUT2D eigenvalue weighted by Crippen LogP contribution is -2.42. The van der Waals surface area contributed by atoms with Crippen LogP contribution in [-0.2, 0) is 17.3 Å². The number of rotatable bonds is 7. The van der Waals surface area contributed by atoms with Gasteiger partial charge >= 0.3 is 6.03 Å². The van der Waals surface area contributed by atoms with Crippen LogP contribution in [0.4, 0.5) is 9.18 Å². The first-order valence-corrected chi connectivity index (χ1v) is 9.68. The molecule has 0 saturated heterocycles. The summed E-state index contributed by atoms with van der Waals surface area (Å²) in [6.45, 7) is 0.811. The maximum atomic E-state index is 13.0. The second-order valence-electron chi connectivity index (χ2n) is 6.08. The van der Waals surface area contributed by atoms with Crippen LogP contribution in [0.25, 0.3) is 0 Å². The summed E-state index contributed by atoms with van der Waals surface area (Å²) in [5.41, 5.74) is 0.899. The Morgan fingerprint density at radius 3 is 2.44 bits per heavy atom. The smallest absolute Gasteiger partial charge is 0.317 e. The van der Waals surface area contributed by atoms with Crippen molar-refractivity contribution in [3.05, 3.63) is 66.0 Å². The Balaban J connectivity index is 1.51. The number of carbonyl (C=O) groups is 1. The molecule has 1 fully saturated rings. The van der Waals surface area contributed by atoms with Crippen LogP contribution in [0.2, 0.25) is 0 Å². The molecule has 0 heterocycles. The highest BCUT2D eigenvalue weighted by molar-refractivity contribution is 7.85. The minimum absolute atomic E-state index is 0.156. The first-order chi connectivity index (χ1) is 12.1. The third kappa shape index (κ3) is 5.13. The van der Waals surface area contributed by atoms with E-state index in [0.717, 1.165) is 23.3 Å². The van der Waals surface area contributed by atoms with Crippen molar-refractivity contribution in [1.29, 1.82) is 0 Å². The van der Waals surface area contributed by atoms with Gasteiger partial charge in [-0.2, -0.15) is 0 Å². The Kier molecular flexibility index (Phi) is 5.81. The molecule has 0 bridgehead atoms. The van der Waals surface area contributed by atoms with Gasteiger partial charge in [-0.1, -0.05) is 30.3 Å². The molecule has 0 radical (unpaired) electrons. The van der Waals surface area contributed by atoms with Gasteiger partial charge in [0.1, 0.15) is 5.82 Å². The zero-order valence-electron chi connectivity index (χ0n) is 13.9. The van der Waals surface area contributed by atoms with E-state index in [1.54, 1.807) is 17.0 Å². The van der Waals surface area contributed by atoms with Gasteiger partial charge in [-0.05, 0) is 42.7 Å². The predicted octanol–water partition coefficient (Wildman–Crippen LogP) is 3.31. The van der Waals surface area contributed by atoms with E-state index in [1.807, 2.05) is 30.3 Å². The molecule has 1 N–H and O–H groups in total. The fourth-order valence-corrected chi connectivity index (χ4v) is 3.57. The number of halogens is 1. The molecule has 2 aromatic carbocycles. The third-order valence-electron chi connectivity index (χ3n) is 4.08. The van der Waals surface area contributed by atoms with E-state index in [0.29, 0.717) is 18.8 Å². The zero-order chi connectivity index (χ0) is 17.6. The number of hydrogen-bond donors (Lipinski definition) is 1. The topological polar surface area (TPSA) is 49.4 Å². The van der Waals surface area contributed by atoms with Crippen LogP contribution in [-0.4, -0.2) is 33.5 Å². The van der Waals surface area contributed by atoms with Crippen LogP contribution in [0.5, 0.6) is 0 Å². The number of carbonyl (C=O) groups excluding carboxylic acids is 1. The van der Waals surface area contributed by atoms with Crippen LogP contribution in [0.1, 0.15) is 18.4 Å². The summed E-state index contributed by atoms with van der Waals surface area (Å²) in [4.78, 5) is 15.0. The van der Waals surface area contributed by atoms with E-state index in [1.165, 1.54) is 12.1 Å². The molecular formula is C19H21FN2O2S. The van der Waals surface area contributed by atoms with Crippen molar-refractivity contribution < 1.29 is 13.4 Å². The Bertz CT molecular complexity index is 733. The molecule has 1 aliphatic rings. The minimum atomic E-state index is -1.12. The summed E-state index contributed by atoms with van der Waals surface area (Å²) in [5.74, 6) is 0.0970. The molecule has 1 atom stereocenters. The van der Waals surface area contributed by atoms with Gasteiger partial charge in [0, 0.05) is 29.8 Å². The lowest BCUT2D eigenvalue weighted by Gasteiger charge is -2.23. The van der Waals surface area contributed by atoms with Crippen molar-refractivity contribution in [3.8, 4) is 0 Å². The van der Waals surface area contributed by atoms with E-state index < -0.39 is 10.8 Å². The van der Waals surface area contributed by atoms with Gasteiger partial charge in [-0.15, -0.1) is 0 Å². The molecule has 4 nitrogen and oxygen atoms in total. The van der Waals surface area contributed by atoms with Gasteiger partial charge < -0.3 is 10.2 Å². The van der Waals surface area contributed by atoms with Crippen molar-refractivity contribution in [2.24, 2.45) is 0 Å². The SMILES string of the molecule is O=C(NCCS(=O)c1ccccc1)N(Cc1ccc(F)cc1)C1CC1. The third-order valence-corrected chi connectivity index (χ3v) is 5.46. The molecule has 1 unspecified atom stereocenters. The molecule has 6 heteroatoms. The standard InChI is InChI=1S/C19H21FN2O2S/c20-16-8-6-15(7-9-16)14-22(17-10-11-17)19(23)21-12-13-25(24)18-4-2-1-3-5-18/h1-9,17H,10-14H2,(H,21,23). The fourth-order valence-electron chi connectivity index (χ4n) is 2.58. The summed E-state index contributed by atoms with van der Waals surface area (Å²) in [6, 6.07) is 15.5. The molecular weight excluding hydrogens is 339 g/mol. The number of urea groups is 1. The average molecular weight is 360 g/mol. The van der Waals surface area contributed by atoms with Crippen LogP contribution >= 0.6 is 0 Å². The Labute approximate surface area is 149 Å². The Morgan fingerprint density at radius 2 is 1.80 bits per heavy atom. The van der Waals surface area contributed by atoms with Crippen LogP contribution in [0.3, 0.4) is 0 Å². The second-order valence-corrected chi connectivity index (χ2v) is 7.65. The van der Waals surface area contributed by atoms with Gasteiger partial charge in [0.05, 0.1) is 10.8 Å². The van der Waals surface area contributed by atoms with E-state index >= 15 is 0 Å². The normalized spacial score (nSPS) is 14.8. The van der Waals surface area contributed by atoms with Crippen molar-refractivity contribution in [3.63, 3.8) is 0 Å². The number of amides is 2. The van der Waals surface area contributed by atoms with E-state index in [4.69, 9.17) is 0 Å². The summed E-state index contributed by atoms with van der Waals surface area (Å²) in [6.07, 6.45) is 1.98. The summed E-state index contributed by atoms with van der Waals surface area (Å²) >= 11 is 0. The highest BCUT2D eigenvalue weighted by atomic mass is 32.2. The highest BCUT2D eigenvalue weighted by Crippen LogP contribution is 2.28.